The van der Waals surface area contributed by atoms with E-state index >= 15 is 0 Å². The molecule has 0 aliphatic carbocycles. The van der Waals surface area contributed by atoms with Crippen LogP contribution < -0.4 is 15.2 Å². The number of benzene rings is 2. The van der Waals surface area contributed by atoms with Crippen molar-refractivity contribution in [1.82, 2.24) is 0 Å². The summed E-state index contributed by atoms with van der Waals surface area (Å²) in [5, 5.41) is 18.1. The topological polar surface area (TPSA) is 111 Å². The predicted molar refractivity (Wildman–Crippen MR) is 81.4 cm³/mol. The molecule has 0 amide bonds. The molecule has 22 heavy (non-hydrogen) atoms. The number of nitrogens with zero attached hydrogens (tertiary/aromatic N) is 1. The Morgan fingerprint density at radius 2 is 2.05 bits per heavy atom. The van der Waals surface area contributed by atoms with Crippen LogP contribution in [0.2, 0.25) is 0 Å². The van der Waals surface area contributed by atoms with E-state index in [1.54, 1.807) is 30.3 Å². The standard InChI is InChI=1S/C15H15N3O4/c1-21-14-8-11(15(16)17)5-6-13(14)22-9-10-3-2-4-12(7-10)18(19)20/h2-8H,9H2,1H3,(H3,16,17). The Bertz CT molecular complexity index is 716. The number of nitro benzene ring substituents is 1. The summed E-state index contributed by atoms with van der Waals surface area (Å²) in [6, 6.07) is 11.1. The Kier molecular flexibility index (Phi) is 4.57. The van der Waals surface area contributed by atoms with Gasteiger partial charge in [0.1, 0.15) is 12.4 Å². The largest absolute Gasteiger partial charge is 0.493 e. The van der Waals surface area contributed by atoms with E-state index in [1.807, 2.05) is 0 Å². The van der Waals surface area contributed by atoms with Gasteiger partial charge in [0.25, 0.3) is 5.69 Å². The molecule has 0 aliphatic rings. The number of amidine groups is 1. The van der Waals surface area contributed by atoms with Gasteiger partial charge in [-0.3, -0.25) is 15.5 Å². The third-order valence-electron chi connectivity index (χ3n) is 2.99. The lowest BCUT2D eigenvalue weighted by molar-refractivity contribution is -0.384. The molecule has 0 saturated heterocycles. The zero-order chi connectivity index (χ0) is 16.1. The van der Waals surface area contributed by atoms with E-state index in [-0.39, 0.29) is 18.1 Å². The van der Waals surface area contributed by atoms with Crippen LogP contribution in [0.4, 0.5) is 5.69 Å². The van der Waals surface area contributed by atoms with Crippen LogP contribution in [-0.2, 0) is 6.61 Å². The van der Waals surface area contributed by atoms with Crippen LogP contribution >= 0.6 is 0 Å². The van der Waals surface area contributed by atoms with Gasteiger partial charge in [-0.2, -0.15) is 0 Å². The summed E-state index contributed by atoms with van der Waals surface area (Å²) in [5.41, 5.74) is 6.63. The SMILES string of the molecule is COc1cc(C(=N)N)ccc1OCc1cccc([N+](=O)[O-])c1. The molecule has 0 heterocycles. The second-order valence-electron chi connectivity index (χ2n) is 4.49. The van der Waals surface area contributed by atoms with Gasteiger partial charge in [0, 0.05) is 17.7 Å². The highest BCUT2D eigenvalue weighted by molar-refractivity contribution is 5.95. The average Bonchev–Trinajstić information content (AvgIpc) is 2.52. The molecule has 7 nitrogen and oxygen atoms in total. The summed E-state index contributed by atoms with van der Waals surface area (Å²) in [4.78, 5) is 10.3. The summed E-state index contributed by atoms with van der Waals surface area (Å²) >= 11 is 0. The number of methoxy groups -OCH3 is 1. The molecule has 0 spiro atoms. The maximum absolute atomic E-state index is 10.7. The summed E-state index contributed by atoms with van der Waals surface area (Å²) < 4.78 is 10.8. The van der Waals surface area contributed by atoms with Crippen molar-refractivity contribution < 1.29 is 14.4 Å². The molecule has 0 aromatic heterocycles. The van der Waals surface area contributed by atoms with Gasteiger partial charge >= 0.3 is 0 Å². The number of nitrogens with two attached hydrogens (primary N) is 1. The van der Waals surface area contributed by atoms with E-state index in [2.05, 4.69) is 0 Å². The molecule has 7 heteroatoms. The van der Waals surface area contributed by atoms with Crippen molar-refractivity contribution in [2.75, 3.05) is 7.11 Å². The number of rotatable bonds is 6. The summed E-state index contributed by atoms with van der Waals surface area (Å²) in [7, 11) is 1.49. The average molecular weight is 301 g/mol. The van der Waals surface area contributed by atoms with Crippen LogP contribution in [0.3, 0.4) is 0 Å². The second-order valence-corrected chi connectivity index (χ2v) is 4.49. The normalized spacial score (nSPS) is 10.0. The minimum absolute atomic E-state index is 0.0139. The van der Waals surface area contributed by atoms with Crippen LogP contribution in [0.25, 0.3) is 0 Å². The molecular weight excluding hydrogens is 286 g/mol. The molecule has 0 unspecified atom stereocenters. The van der Waals surface area contributed by atoms with E-state index in [0.717, 1.165) is 0 Å². The van der Waals surface area contributed by atoms with E-state index < -0.39 is 4.92 Å². The quantitative estimate of drug-likeness (QED) is 0.368. The van der Waals surface area contributed by atoms with Crippen molar-refractivity contribution in [2.24, 2.45) is 5.73 Å². The number of non-ortho nitro benzene ring substituents is 1. The number of hydrogen-bond acceptors (Lipinski definition) is 5. The van der Waals surface area contributed by atoms with Crippen molar-refractivity contribution >= 4 is 11.5 Å². The first-order valence-corrected chi connectivity index (χ1v) is 6.40. The van der Waals surface area contributed by atoms with Gasteiger partial charge in [-0.15, -0.1) is 0 Å². The molecule has 2 aromatic rings. The molecule has 0 bridgehead atoms. The van der Waals surface area contributed by atoms with E-state index in [4.69, 9.17) is 20.6 Å². The van der Waals surface area contributed by atoms with Crippen molar-refractivity contribution in [2.45, 2.75) is 6.61 Å². The third kappa shape index (κ3) is 3.51. The fourth-order valence-corrected chi connectivity index (χ4v) is 1.88. The summed E-state index contributed by atoms with van der Waals surface area (Å²) in [6.45, 7) is 0.164. The molecular formula is C15H15N3O4. The van der Waals surface area contributed by atoms with Crippen LogP contribution in [-0.4, -0.2) is 17.9 Å². The number of nitrogen functional groups attached to an aromatic ring is 1. The first-order chi connectivity index (χ1) is 10.5. The first kappa shape index (κ1) is 15.3. The minimum atomic E-state index is -0.453. The van der Waals surface area contributed by atoms with E-state index in [1.165, 1.54) is 19.2 Å². The van der Waals surface area contributed by atoms with Gasteiger partial charge in [0.2, 0.25) is 0 Å². The molecule has 0 atom stereocenters. The third-order valence-corrected chi connectivity index (χ3v) is 2.99. The van der Waals surface area contributed by atoms with Crippen molar-refractivity contribution in [3.63, 3.8) is 0 Å². The lowest BCUT2D eigenvalue weighted by Gasteiger charge is -2.12. The second kappa shape index (κ2) is 6.57. The fraction of sp³-hybridized carbons (Fsp3) is 0.133. The first-order valence-electron chi connectivity index (χ1n) is 6.40. The maximum Gasteiger partial charge on any atom is 0.269 e. The number of nitro groups is 1. The zero-order valence-electron chi connectivity index (χ0n) is 11.9. The van der Waals surface area contributed by atoms with Crippen molar-refractivity contribution in [1.29, 1.82) is 5.41 Å². The van der Waals surface area contributed by atoms with Gasteiger partial charge in [0.05, 0.1) is 12.0 Å². The highest BCUT2D eigenvalue weighted by atomic mass is 16.6. The smallest absolute Gasteiger partial charge is 0.269 e. The van der Waals surface area contributed by atoms with Crippen LogP contribution in [0.15, 0.2) is 42.5 Å². The Balaban J connectivity index is 2.16. The molecule has 0 radical (unpaired) electrons. The summed E-state index contributed by atoms with van der Waals surface area (Å²) in [6.07, 6.45) is 0. The molecule has 0 aliphatic heterocycles. The van der Waals surface area contributed by atoms with Crippen LogP contribution in [0.5, 0.6) is 11.5 Å². The zero-order valence-corrected chi connectivity index (χ0v) is 11.9. The Hall–Kier alpha value is -3.09. The Labute approximate surface area is 126 Å². The molecule has 2 rings (SSSR count). The molecule has 114 valence electrons. The summed E-state index contributed by atoms with van der Waals surface area (Å²) in [5.74, 6) is 0.848. The van der Waals surface area contributed by atoms with Gasteiger partial charge in [-0.1, -0.05) is 12.1 Å². The Morgan fingerprint density at radius 3 is 2.68 bits per heavy atom. The number of ether oxygens (including phenoxy) is 2. The minimum Gasteiger partial charge on any atom is -0.493 e. The molecule has 0 saturated carbocycles. The monoisotopic (exact) mass is 301 g/mol. The maximum atomic E-state index is 10.7. The molecule has 2 aromatic carbocycles. The van der Waals surface area contributed by atoms with Gasteiger partial charge in [0.15, 0.2) is 11.5 Å². The van der Waals surface area contributed by atoms with Gasteiger partial charge in [-0.05, 0) is 23.8 Å². The lowest BCUT2D eigenvalue weighted by atomic mass is 10.2. The van der Waals surface area contributed by atoms with Crippen molar-refractivity contribution in [3.8, 4) is 11.5 Å². The van der Waals surface area contributed by atoms with Gasteiger partial charge in [-0.25, -0.2) is 0 Å². The number of nitrogens with one attached hydrogen (secondary N) is 1. The molecule has 0 fully saturated rings. The van der Waals surface area contributed by atoms with Crippen LogP contribution in [0.1, 0.15) is 11.1 Å². The fourth-order valence-electron chi connectivity index (χ4n) is 1.88. The van der Waals surface area contributed by atoms with Gasteiger partial charge < -0.3 is 15.2 Å². The van der Waals surface area contributed by atoms with E-state index in [0.29, 0.717) is 22.6 Å². The van der Waals surface area contributed by atoms with E-state index in [9.17, 15) is 10.1 Å². The number of hydrogen-bond donors (Lipinski definition) is 2. The predicted octanol–water partition coefficient (Wildman–Crippen LogP) is 2.47. The molecule has 3 N–H and O–H groups in total. The van der Waals surface area contributed by atoms with Crippen LogP contribution in [0, 0.1) is 15.5 Å². The van der Waals surface area contributed by atoms with Crippen molar-refractivity contribution in [3.05, 3.63) is 63.7 Å². The Morgan fingerprint density at radius 1 is 1.27 bits per heavy atom. The highest BCUT2D eigenvalue weighted by Gasteiger charge is 2.09. The lowest BCUT2D eigenvalue weighted by Crippen LogP contribution is -2.11. The highest BCUT2D eigenvalue weighted by Crippen LogP contribution is 2.29.